The molecule has 0 aliphatic carbocycles. The lowest BCUT2D eigenvalue weighted by Gasteiger charge is -2.26. The van der Waals surface area contributed by atoms with Crippen molar-refractivity contribution in [2.45, 2.75) is 20.3 Å². The van der Waals surface area contributed by atoms with E-state index in [1.807, 2.05) is 0 Å². The van der Waals surface area contributed by atoms with Gasteiger partial charge < -0.3 is 15.8 Å². The monoisotopic (exact) mass is 243 g/mol. The molecule has 1 fully saturated rings. The van der Waals surface area contributed by atoms with Crippen LogP contribution in [0.3, 0.4) is 0 Å². The minimum atomic E-state index is 0.610. The zero-order valence-corrected chi connectivity index (χ0v) is 11.5. The standard InChI is InChI=1S/C13H29N3O/c1-12(2)13(10-14)11-15-4-3-5-16-6-8-17-9-7-16/h12-13,15H,3-11,14H2,1-2H3. The highest BCUT2D eigenvalue weighted by atomic mass is 16.5. The van der Waals surface area contributed by atoms with Crippen molar-refractivity contribution in [3.63, 3.8) is 0 Å². The number of morpholine rings is 1. The summed E-state index contributed by atoms with van der Waals surface area (Å²) in [5.41, 5.74) is 5.74. The molecule has 0 aromatic rings. The van der Waals surface area contributed by atoms with Crippen molar-refractivity contribution in [3.05, 3.63) is 0 Å². The maximum Gasteiger partial charge on any atom is 0.0594 e. The normalized spacial score (nSPS) is 19.8. The third-order valence-electron chi connectivity index (χ3n) is 3.58. The van der Waals surface area contributed by atoms with Crippen molar-refractivity contribution >= 4 is 0 Å². The van der Waals surface area contributed by atoms with Crippen LogP contribution in [-0.4, -0.2) is 57.4 Å². The van der Waals surface area contributed by atoms with Gasteiger partial charge in [0, 0.05) is 13.1 Å². The van der Waals surface area contributed by atoms with Gasteiger partial charge in [0.2, 0.25) is 0 Å². The largest absolute Gasteiger partial charge is 0.379 e. The van der Waals surface area contributed by atoms with Crippen molar-refractivity contribution in [3.8, 4) is 0 Å². The van der Waals surface area contributed by atoms with Crippen molar-refractivity contribution in [2.24, 2.45) is 17.6 Å². The molecule has 1 aliphatic heterocycles. The summed E-state index contributed by atoms with van der Waals surface area (Å²) in [6, 6.07) is 0. The first-order valence-electron chi connectivity index (χ1n) is 6.95. The van der Waals surface area contributed by atoms with E-state index < -0.39 is 0 Å². The van der Waals surface area contributed by atoms with Crippen molar-refractivity contribution in [1.82, 2.24) is 10.2 Å². The molecule has 0 aromatic carbocycles. The van der Waals surface area contributed by atoms with Gasteiger partial charge in [-0.1, -0.05) is 13.8 Å². The lowest BCUT2D eigenvalue weighted by molar-refractivity contribution is 0.0374. The van der Waals surface area contributed by atoms with Gasteiger partial charge in [0.25, 0.3) is 0 Å². The summed E-state index contributed by atoms with van der Waals surface area (Å²) < 4.78 is 5.33. The number of hydrogen-bond donors (Lipinski definition) is 2. The molecule has 4 nitrogen and oxygen atoms in total. The fourth-order valence-corrected chi connectivity index (χ4v) is 2.13. The van der Waals surface area contributed by atoms with Gasteiger partial charge in [-0.05, 0) is 44.4 Å². The predicted molar refractivity (Wildman–Crippen MR) is 72.1 cm³/mol. The van der Waals surface area contributed by atoms with E-state index in [4.69, 9.17) is 10.5 Å². The number of nitrogens with zero attached hydrogens (tertiary/aromatic N) is 1. The van der Waals surface area contributed by atoms with Crippen LogP contribution in [0.2, 0.25) is 0 Å². The minimum Gasteiger partial charge on any atom is -0.379 e. The fourth-order valence-electron chi connectivity index (χ4n) is 2.13. The highest BCUT2D eigenvalue weighted by Gasteiger charge is 2.11. The first-order valence-corrected chi connectivity index (χ1v) is 6.95. The second kappa shape index (κ2) is 8.86. The molecule has 1 saturated heterocycles. The van der Waals surface area contributed by atoms with Gasteiger partial charge in [0.1, 0.15) is 0 Å². The third-order valence-corrected chi connectivity index (χ3v) is 3.58. The highest BCUT2D eigenvalue weighted by molar-refractivity contribution is 4.67. The van der Waals surface area contributed by atoms with Crippen LogP contribution < -0.4 is 11.1 Å². The van der Waals surface area contributed by atoms with Crippen LogP contribution in [0.1, 0.15) is 20.3 Å². The first kappa shape index (κ1) is 14.9. The molecule has 102 valence electrons. The van der Waals surface area contributed by atoms with Gasteiger partial charge in [-0.3, -0.25) is 4.90 Å². The molecule has 1 unspecified atom stereocenters. The van der Waals surface area contributed by atoms with Gasteiger partial charge in [0.05, 0.1) is 13.2 Å². The smallest absolute Gasteiger partial charge is 0.0594 e. The summed E-state index contributed by atoms with van der Waals surface area (Å²) in [7, 11) is 0. The summed E-state index contributed by atoms with van der Waals surface area (Å²) in [6.45, 7) is 12.6. The molecule has 0 saturated carbocycles. The van der Waals surface area contributed by atoms with E-state index >= 15 is 0 Å². The van der Waals surface area contributed by atoms with Gasteiger partial charge in [-0.25, -0.2) is 0 Å². The van der Waals surface area contributed by atoms with Crippen LogP contribution in [0, 0.1) is 11.8 Å². The van der Waals surface area contributed by atoms with Crippen molar-refractivity contribution in [1.29, 1.82) is 0 Å². The van der Waals surface area contributed by atoms with E-state index in [-0.39, 0.29) is 0 Å². The molecular formula is C13H29N3O. The zero-order valence-electron chi connectivity index (χ0n) is 11.5. The molecule has 0 radical (unpaired) electrons. The average molecular weight is 243 g/mol. The third kappa shape index (κ3) is 6.36. The number of ether oxygens (including phenoxy) is 1. The van der Waals surface area contributed by atoms with Crippen LogP contribution in [0.15, 0.2) is 0 Å². The number of nitrogens with one attached hydrogen (secondary N) is 1. The summed E-state index contributed by atoms with van der Waals surface area (Å²) in [6.07, 6.45) is 1.22. The maximum absolute atomic E-state index is 5.74. The Morgan fingerprint density at radius 1 is 1.29 bits per heavy atom. The maximum atomic E-state index is 5.74. The first-order chi connectivity index (χ1) is 8.24. The molecule has 3 N–H and O–H groups in total. The molecule has 4 heteroatoms. The van der Waals surface area contributed by atoms with Crippen LogP contribution in [-0.2, 0) is 4.74 Å². The minimum absolute atomic E-state index is 0.610. The molecular weight excluding hydrogens is 214 g/mol. The molecule has 1 atom stereocenters. The number of nitrogens with two attached hydrogens (primary N) is 1. The highest BCUT2D eigenvalue weighted by Crippen LogP contribution is 2.07. The van der Waals surface area contributed by atoms with E-state index in [1.54, 1.807) is 0 Å². The Balaban J connectivity index is 1.96. The molecule has 0 amide bonds. The second-order valence-electron chi connectivity index (χ2n) is 5.25. The topological polar surface area (TPSA) is 50.5 Å². The number of rotatable bonds is 8. The van der Waals surface area contributed by atoms with Crippen molar-refractivity contribution < 1.29 is 4.74 Å². The second-order valence-corrected chi connectivity index (χ2v) is 5.25. The van der Waals surface area contributed by atoms with E-state index in [0.717, 1.165) is 45.9 Å². The SMILES string of the molecule is CC(C)C(CN)CNCCCN1CCOCC1. The average Bonchev–Trinajstić information content (AvgIpc) is 2.34. The lowest BCUT2D eigenvalue weighted by atomic mass is 9.96. The Labute approximate surface area is 106 Å². The molecule has 0 bridgehead atoms. The quantitative estimate of drug-likeness (QED) is 0.611. The molecule has 0 aromatic heterocycles. The Morgan fingerprint density at radius 3 is 2.59 bits per heavy atom. The van der Waals surface area contributed by atoms with Gasteiger partial charge >= 0.3 is 0 Å². The summed E-state index contributed by atoms with van der Waals surface area (Å²) in [4.78, 5) is 2.48. The Hall–Kier alpha value is -0.160. The van der Waals surface area contributed by atoms with Gasteiger partial charge in [-0.2, -0.15) is 0 Å². The van der Waals surface area contributed by atoms with Gasteiger partial charge in [0.15, 0.2) is 0 Å². The van der Waals surface area contributed by atoms with Gasteiger partial charge in [-0.15, -0.1) is 0 Å². The lowest BCUT2D eigenvalue weighted by Crippen LogP contribution is -2.38. The molecule has 17 heavy (non-hydrogen) atoms. The summed E-state index contributed by atoms with van der Waals surface area (Å²) in [5.74, 6) is 1.28. The molecule has 0 spiro atoms. The molecule has 1 rings (SSSR count). The van der Waals surface area contributed by atoms with Crippen LogP contribution in [0.5, 0.6) is 0 Å². The Morgan fingerprint density at radius 2 is 2.00 bits per heavy atom. The van der Waals surface area contributed by atoms with Crippen LogP contribution >= 0.6 is 0 Å². The number of hydrogen-bond acceptors (Lipinski definition) is 4. The Bertz CT molecular complexity index is 182. The van der Waals surface area contributed by atoms with E-state index in [1.165, 1.54) is 13.0 Å². The zero-order chi connectivity index (χ0) is 12.5. The van der Waals surface area contributed by atoms with E-state index in [0.29, 0.717) is 11.8 Å². The summed E-state index contributed by atoms with van der Waals surface area (Å²) >= 11 is 0. The fraction of sp³-hybridized carbons (Fsp3) is 1.00. The van der Waals surface area contributed by atoms with E-state index in [9.17, 15) is 0 Å². The Kier molecular flexibility index (Phi) is 7.77. The molecule has 1 aliphatic rings. The van der Waals surface area contributed by atoms with Crippen LogP contribution in [0.4, 0.5) is 0 Å². The predicted octanol–water partition coefficient (Wildman–Crippen LogP) is 0.529. The van der Waals surface area contributed by atoms with Crippen LogP contribution in [0.25, 0.3) is 0 Å². The summed E-state index contributed by atoms with van der Waals surface area (Å²) in [5, 5.41) is 3.52. The van der Waals surface area contributed by atoms with Crippen molar-refractivity contribution in [2.75, 3.05) is 52.5 Å². The molecule has 1 heterocycles. The van der Waals surface area contributed by atoms with E-state index in [2.05, 4.69) is 24.1 Å².